The molecule has 0 amide bonds. The number of benzene rings is 1. The monoisotopic (exact) mass is 230 g/mol. The molecule has 0 saturated carbocycles. The topological polar surface area (TPSA) is 49.7 Å². The second kappa shape index (κ2) is 5.75. The summed E-state index contributed by atoms with van der Waals surface area (Å²) in [6.07, 6.45) is 1.49. The summed E-state index contributed by atoms with van der Waals surface area (Å²) in [6.45, 7) is 0.116. The summed E-state index contributed by atoms with van der Waals surface area (Å²) in [7, 11) is -1.64. The second-order valence-electron chi connectivity index (χ2n) is 2.74. The minimum atomic E-state index is -1.64. The van der Waals surface area contributed by atoms with Gasteiger partial charge in [-0.15, -0.1) is 0 Å². The van der Waals surface area contributed by atoms with Crippen molar-refractivity contribution >= 4 is 24.2 Å². The van der Waals surface area contributed by atoms with Crippen molar-refractivity contribution in [1.29, 1.82) is 0 Å². The highest BCUT2D eigenvalue weighted by molar-refractivity contribution is 6.58. The Morgan fingerprint density at radius 3 is 2.80 bits per heavy atom. The lowest BCUT2D eigenvalue weighted by Gasteiger charge is -2.06. The molecule has 0 unspecified atom stereocenters. The van der Waals surface area contributed by atoms with Crippen LogP contribution in [0.3, 0.4) is 0 Å². The van der Waals surface area contributed by atoms with Crippen LogP contribution in [0.1, 0.15) is 0 Å². The van der Waals surface area contributed by atoms with Crippen molar-refractivity contribution in [2.75, 3.05) is 6.61 Å². The lowest BCUT2D eigenvalue weighted by atomic mass is 9.80. The average molecular weight is 230 g/mol. The molecule has 0 atom stereocenters. The predicted octanol–water partition coefficient (Wildman–Crippen LogP) is 0.637. The Kier molecular flexibility index (Phi) is 4.61. The normalized spacial score (nSPS) is 10.7. The van der Waals surface area contributed by atoms with Crippen molar-refractivity contribution in [3.63, 3.8) is 0 Å². The third kappa shape index (κ3) is 3.55. The summed E-state index contributed by atoms with van der Waals surface area (Å²) in [6, 6.07) is 3.60. The molecule has 0 aliphatic heterocycles. The Bertz CT molecular complexity index is 357. The molecule has 1 aromatic carbocycles. The van der Waals surface area contributed by atoms with E-state index in [9.17, 15) is 4.39 Å². The van der Waals surface area contributed by atoms with Crippen LogP contribution in [0.5, 0.6) is 5.75 Å². The van der Waals surface area contributed by atoms with Crippen molar-refractivity contribution in [3.8, 4) is 5.75 Å². The van der Waals surface area contributed by atoms with Crippen LogP contribution in [-0.2, 0) is 0 Å². The van der Waals surface area contributed by atoms with Crippen LogP contribution in [0.4, 0.5) is 4.39 Å². The third-order valence-corrected chi connectivity index (χ3v) is 1.86. The highest BCUT2D eigenvalue weighted by Gasteiger charge is 2.13. The van der Waals surface area contributed by atoms with Gasteiger partial charge in [0.1, 0.15) is 6.61 Å². The van der Waals surface area contributed by atoms with E-state index in [2.05, 4.69) is 0 Å². The van der Waals surface area contributed by atoms with Crippen LogP contribution in [0.2, 0.25) is 0 Å². The van der Waals surface area contributed by atoms with E-state index in [1.54, 1.807) is 0 Å². The van der Waals surface area contributed by atoms with Crippen molar-refractivity contribution in [2.24, 2.45) is 0 Å². The summed E-state index contributed by atoms with van der Waals surface area (Å²) in [5, 5.41) is 17.7. The van der Waals surface area contributed by atoms with E-state index in [4.69, 9.17) is 26.4 Å². The van der Waals surface area contributed by atoms with Crippen molar-refractivity contribution < 1.29 is 19.2 Å². The highest BCUT2D eigenvalue weighted by atomic mass is 35.5. The molecule has 80 valence electrons. The zero-order valence-corrected chi connectivity index (χ0v) is 8.49. The number of halogens is 2. The van der Waals surface area contributed by atoms with Gasteiger partial charge in [0, 0.05) is 5.54 Å². The summed E-state index contributed by atoms with van der Waals surface area (Å²) in [4.78, 5) is 0. The average Bonchev–Trinajstić information content (AvgIpc) is 2.20. The molecule has 0 aliphatic carbocycles. The molecule has 3 nitrogen and oxygen atoms in total. The number of hydrogen-bond donors (Lipinski definition) is 2. The maximum absolute atomic E-state index is 13.1. The van der Waals surface area contributed by atoms with Crippen LogP contribution in [0, 0.1) is 5.82 Å². The fourth-order valence-corrected chi connectivity index (χ4v) is 1.04. The first-order chi connectivity index (χ1) is 7.15. The van der Waals surface area contributed by atoms with Gasteiger partial charge in [-0.05, 0) is 23.7 Å². The molecular weight excluding hydrogens is 221 g/mol. The number of hydrogen-bond acceptors (Lipinski definition) is 3. The minimum absolute atomic E-state index is 0.0460. The molecule has 15 heavy (non-hydrogen) atoms. The first-order valence-corrected chi connectivity index (χ1v) is 4.62. The van der Waals surface area contributed by atoms with E-state index in [0.29, 0.717) is 0 Å². The van der Waals surface area contributed by atoms with Crippen LogP contribution in [-0.4, -0.2) is 23.8 Å². The first-order valence-electron chi connectivity index (χ1n) is 4.18. The van der Waals surface area contributed by atoms with Crippen molar-refractivity contribution in [2.45, 2.75) is 0 Å². The van der Waals surface area contributed by atoms with E-state index >= 15 is 0 Å². The van der Waals surface area contributed by atoms with E-state index < -0.39 is 12.9 Å². The molecule has 0 aliphatic rings. The Morgan fingerprint density at radius 1 is 1.47 bits per heavy atom. The zero-order valence-electron chi connectivity index (χ0n) is 7.73. The van der Waals surface area contributed by atoms with E-state index in [1.165, 1.54) is 23.7 Å². The quantitative estimate of drug-likeness (QED) is 0.746. The highest BCUT2D eigenvalue weighted by Crippen LogP contribution is 2.14. The molecule has 1 aromatic rings. The van der Waals surface area contributed by atoms with Gasteiger partial charge in [0.05, 0.1) is 0 Å². The van der Waals surface area contributed by atoms with Gasteiger partial charge in [0.15, 0.2) is 11.6 Å². The molecule has 0 heterocycles. The SMILES string of the molecule is OB(O)c1ccc(F)c(OC/C=C/Cl)c1. The maximum Gasteiger partial charge on any atom is 0.488 e. The Labute approximate surface area is 91.9 Å². The fraction of sp³-hybridized carbons (Fsp3) is 0.111. The lowest BCUT2D eigenvalue weighted by molar-refractivity contribution is 0.341. The molecule has 0 bridgehead atoms. The summed E-state index contributed by atoms with van der Waals surface area (Å²) >= 11 is 5.25. The van der Waals surface area contributed by atoms with Crippen LogP contribution in [0.25, 0.3) is 0 Å². The zero-order chi connectivity index (χ0) is 11.3. The second-order valence-corrected chi connectivity index (χ2v) is 2.99. The molecule has 0 radical (unpaired) electrons. The van der Waals surface area contributed by atoms with Crippen LogP contribution < -0.4 is 10.2 Å². The molecule has 0 aromatic heterocycles. The fourth-order valence-electron chi connectivity index (χ4n) is 0.965. The van der Waals surface area contributed by atoms with E-state index in [-0.39, 0.29) is 17.8 Å². The summed E-state index contributed by atoms with van der Waals surface area (Å²) in [5.74, 6) is -0.613. The van der Waals surface area contributed by atoms with E-state index in [1.807, 2.05) is 0 Å². The maximum atomic E-state index is 13.1. The number of rotatable bonds is 4. The Hall–Kier alpha value is -1.04. The lowest BCUT2D eigenvalue weighted by Crippen LogP contribution is -2.29. The molecular formula is C9H9BClFO3. The summed E-state index contributed by atoms with van der Waals surface area (Å²) < 4.78 is 18.1. The standard InChI is InChI=1S/C9H9BClFO3/c11-4-1-5-15-9-6-7(10(13)14)2-3-8(9)12/h1-4,6,13-14H,5H2/b4-1+. The van der Waals surface area contributed by atoms with Crippen molar-refractivity contribution in [1.82, 2.24) is 0 Å². The Morgan fingerprint density at radius 2 is 2.20 bits per heavy atom. The Balaban J connectivity index is 2.80. The summed E-state index contributed by atoms with van der Waals surface area (Å²) in [5.41, 5.74) is 1.42. The van der Waals surface area contributed by atoms with Crippen molar-refractivity contribution in [3.05, 3.63) is 35.6 Å². The third-order valence-electron chi connectivity index (χ3n) is 1.68. The van der Waals surface area contributed by atoms with Gasteiger partial charge in [-0.2, -0.15) is 0 Å². The van der Waals surface area contributed by atoms with Crippen LogP contribution in [0.15, 0.2) is 29.8 Å². The molecule has 0 fully saturated rings. The van der Waals surface area contributed by atoms with Gasteiger partial charge in [-0.25, -0.2) is 4.39 Å². The van der Waals surface area contributed by atoms with Gasteiger partial charge >= 0.3 is 7.12 Å². The largest absolute Gasteiger partial charge is 0.488 e. The van der Waals surface area contributed by atoms with Gasteiger partial charge in [0.2, 0.25) is 0 Å². The smallest absolute Gasteiger partial charge is 0.486 e. The molecule has 2 N–H and O–H groups in total. The molecule has 1 rings (SSSR count). The number of ether oxygens (including phenoxy) is 1. The first kappa shape index (κ1) is 12.0. The predicted molar refractivity (Wildman–Crippen MR) is 56.7 cm³/mol. The van der Waals surface area contributed by atoms with Crippen LogP contribution >= 0.6 is 11.6 Å². The van der Waals surface area contributed by atoms with Gasteiger partial charge in [-0.1, -0.05) is 17.7 Å². The molecule has 0 spiro atoms. The minimum Gasteiger partial charge on any atom is -0.486 e. The van der Waals surface area contributed by atoms with Gasteiger partial charge in [0.25, 0.3) is 0 Å². The van der Waals surface area contributed by atoms with Gasteiger partial charge < -0.3 is 14.8 Å². The molecule has 6 heteroatoms. The van der Waals surface area contributed by atoms with E-state index in [0.717, 1.165) is 6.07 Å². The molecule has 0 saturated heterocycles. The van der Waals surface area contributed by atoms with Gasteiger partial charge in [-0.3, -0.25) is 0 Å².